The first-order valence-corrected chi connectivity index (χ1v) is 6.90. The summed E-state index contributed by atoms with van der Waals surface area (Å²) >= 11 is 0. The molecule has 1 aliphatic rings. The van der Waals surface area contributed by atoms with Crippen LogP contribution >= 0.6 is 0 Å². The lowest BCUT2D eigenvalue weighted by Gasteiger charge is -2.22. The molecule has 0 radical (unpaired) electrons. The maximum atomic E-state index is 3.61. The zero-order valence-corrected chi connectivity index (χ0v) is 11.3. The molecule has 0 fully saturated rings. The third-order valence-corrected chi connectivity index (χ3v) is 3.87. The summed E-state index contributed by atoms with van der Waals surface area (Å²) in [6.07, 6.45) is 2.26. The van der Waals surface area contributed by atoms with E-state index in [2.05, 4.69) is 66.8 Å². The van der Waals surface area contributed by atoms with Crippen LogP contribution in [-0.4, -0.2) is 0 Å². The van der Waals surface area contributed by atoms with E-state index in [1.165, 1.54) is 28.0 Å². The molecule has 0 aromatic heterocycles. The fourth-order valence-corrected chi connectivity index (χ4v) is 2.74. The molecule has 3 rings (SSSR count). The lowest BCUT2D eigenvalue weighted by Crippen LogP contribution is -2.18. The van der Waals surface area contributed by atoms with Gasteiger partial charge in [0.05, 0.1) is 0 Å². The molecule has 0 saturated carbocycles. The minimum Gasteiger partial charge on any atom is -0.384 e. The van der Waals surface area contributed by atoms with E-state index in [4.69, 9.17) is 0 Å². The van der Waals surface area contributed by atoms with Crippen LogP contribution in [0.2, 0.25) is 0 Å². The summed E-state index contributed by atoms with van der Waals surface area (Å²) in [5.41, 5.74) is 7.01. The molecule has 0 amide bonds. The van der Waals surface area contributed by atoms with Crippen LogP contribution in [0.5, 0.6) is 0 Å². The van der Waals surface area contributed by atoms with Gasteiger partial charge >= 0.3 is 0 Å². The van der Waals surface area contributed by atoms with Crippen molar-refractivity contribution in [1.82, 2.24) is 5.32 Å². The zero-order chi connectivity index (χ0) is 13.1. The predicted octanol–water partition coefficient (Wildman–Crippen LogP) is 4.15. The maximum absolute atomic E-state index is 3.61. The second-order valence-electron chi connectivity index (χ2n) is 5.10. The van der Waals surface area contributed by atoms with Gasteiger partial charge in [-0.15, -0.1) is 0 Å². The Labute approximate surface area is 115 Å². The monoisotopic (exact) mass is 249 g/mol. The molecule has 0 atom stereocenters. The van der Waals surface area contributed by atoms with Crippen molar-refractivity contribution in [3.8, 4) is 0 Å². The van der Waals surface area contributed by atoms with Crippen LogP contribution in [0.4, 0.5) is 0 Å². The molecule has 1 aliphatic carbocycles. The van der Waals surface area contributed by atoms with E-state index in [1.54, 1.807) is 0 Å². The molecule has 0 heterocycles. The van der Waals surface area contributed by atoms with Crippen molar-refractivity contribution in [3.63, 3.8) is 0 Å². The van der Waals surface area contributed by atoms with Gasteiger partial charge in [-0.3, -0.25) is 0 Å². The standard InChI is InChI=1S/C18H19N/c1-14-17-10-6-5-9-16(17)11-12-18(14)19-13-15-7-3-2-4-8-15/h2-10,19H,11-13H2,1H3. The highest BCUT2D eigenvalue weighted by atomic mass is 14.9. The first kappa shape index (κ1) is 12.0. The third-order valence-electron chi connectivity index (χ3n) is 3.87. The van der Waals surface area contributed by atoms with Gasteiger partial charge in [0.1, 0.15) is 0 Å². The Hall–Kier alpha value is -2.02. The molecule has 0 unspecified atom stereocenters. The van der Waals surface area contributed by atoms with Crippen LogP contribution in [0.3, 0.4) is 0 Å². The quantitative estimate of drug-likeness (QED) is 0.861. The van der Waals surface area contributed by atoms with E-state index in [9.17, 15) is 0 Å². The highest BCUT2D eigenvalue weighted by molar-refractivity contribution is 5.71. The SMILES string of the molecule is CC1=C(NCc2ccccc2)CCc2ccccc21. The van der Waals surface area contributed by atoms with Gasteiger partial charge in [-0.25, -0.2) is 0 Å². The van der Waals surface area contributed by atoms with Gasteiger partial charge in [-0.05, 0) is 42.0 Å². The Balaban J connectivity index is 1.79. The lowest BCUT2D eigenvalue weighted by molar-refractivity contribution is 0.737. The molecule has 1 heteroatoms. The first-order valence-electron chi connectivity index (χ1n) is 6.90. The number of benzene rings is 2. The number of allylic oxidation sites excluding steroid dienone is 2. The summed E-state index contributed by atoms with van der Waals surface area (Å²) in [7, 11) is 0. The van der Waals surface area contributed by atoms with Crippen molar-refractivity contribution in [2.24, 2.45) is 0 Å². The smallest absolute Gasteiger partial charge is 0.0397 e. The topological polar surface area (TPSA) is 12.0 Å². The minimum absolute atomic E-state index is 0.912. The molecule has 0 bridgehead atoms. The van der Waals surface area contributed by atoms with Gasteiger partial charge in [-0.1, -0.05) is 54.6 Å². The largest absolute Gasteiger partial charge is 0.384 e. The fourth-order valence-electron chi connectivity index (χ4n) is 2.74. The van der Waals surface area contributed by atoms with Gasteiger partial charge in [0.25, 0.3) is 0 Å². The van der Waals surface area contributed by atoms with Gasteiger partial charge < -0.3 is 5.32 Å². The summed E-state index contributed by atoms with van der Waals surface area (Å²) in [6, 6.07) is 19.3. The number of nitrogens with one attached hydrogen (secondary N) is 1. The van der Waals surface area contributed by atoms with Crippen LogP contribution in [0.1, 0.15) is 30.0 Å². The van der Waals surface area contributed by atoms with Crippen molar-refractivity contribution in [2.75, 3.05) is 0 Å². The molecule has 19 heavy (non-hydrogen) atoms. The molecule has 1 nitrogen and oxygen atoms in total. The summed E-state index contributed by atoms with van der Waals surface area (Å²) in [5, 5.41) is 3.61. The van der Waals surface area contributed by atoms with Gasteiger partial charge in [0, 0.05) is 12.2 Å². The normalized spacial score (nSPS) is 14.2. The molecule has 1 N–H and O–H groups in total. The van der Waals surface area contributed by atoms with Gasteiger partial charge in [0.15, 0.2) is 0 Å². The molecule has 0 saturated heterocycles. The molecule has 0 aliphatic heterocycles. The number of fused-ring (bicyclic) bond motifs is 1. The molecular formula is C18H19N. The molecule has 96 valence electrons. The molecule has 2 aromatic carbocycles. The van der Waals surface area contributed by atoms with E-state index in [1.807, 2.05) is 0 Å². The van der Waals surface area contributed by atoms with Crippen molar-refractivity contribution in [2.45, 2.75) is 26.3 Å². The Morgan fingerprint density at radius 1 is 0.895 bits per heavy atom. The van der Waals surface area contributed by atoms with E-state index in [0.29, 0.717) is 0 Å². The second-order valence-corrected chi connectivity index (χ2v) is 5.10. The molecular weight excluding hydrogens is 230 g/mol. The van der Waals surface area contributed by atoms with Crippen LogP contribution in [0.15, 0.2) is 60.3 Å². The van der Waals surface area contributed by atoms with Crippen molar-refractivity contribution in [1.29, 1.82) is 0 Å². The fraction of sp³-hybridized carbons (Fsp3) is 0.222. The lowest BCUT2D eigenvalue weighted by atomic mass is 9.89. The average Bonchev–Trinajstić information content (AvgIpc) is 2.48. The van der Waals surface area contributed by atoms with E-state index < -0.39 is 0 Å². The second kappa shape index (κ2) is 5.31. The highest BCUT2D eigenvalue weighted by Gasteiger charge is 2.14. The summed E-state index contributed by atoms with van der Waals surface area (Å²) in [6.45, 7) is 3.14. The number of rotatable bonds is 3. The summed E-state index contributed by atoms with van der Waals surface area (Å²) in [4.78, 5) is 0. The van der Waals surface area contributed by atoms with E-state index >= 15 is 0 Å². The highest BCUT2D eigenvalue weighted by Crippen LogP contribution is 2.29. The van der Waals surface area contributed by atoms with Gasteiger partial charge in [-0.2, -0.15) is 0 Å². The van der Waals surface area contributed by atoms with E-state index in [0.717, 1.165) is 19.4 Å². The van der Waals surface area contributed by atoms with E-state index in [-0.39, 0.29) is 0 Å². The summed E-state index contributed by atoms with van der Waals surface area (Å²) in [5.74, 6) is 0. The molecule has 0 spiro atoms. The summed E-state index contributed by atoms with van der Waals surface area (Å²) < 4.78 is 0. The third kappa shape index (κ3) is 2.55. The number of hydrogen-bond acceptors (Lipinski definition) is 1. The van der Waals surface area contributed by atoms with Crippen molar-refractivity contribution in [3.05, 3.63) is 77.0 Å². The van der Waals surface area contributed by atoms with Crippen LogP contribution in [-0.2, 0) is 13.0 Å². The van der Waals surface area contributed by atoms with Gasteiger partial charge in [0.2, 0.25) is 0 Å². The van der Waals surface area contributed by atoms with Crippen molar-refractivity contribution < 1.29 is 0 Å². The Morgan fingerprint density at radius 3 is 2.47 bits per heavy atom. The Kier molecular flexibility index (Phi) is 3.37. The average molecular weight is 249 g/mol. The predicted molar refractivity (Wildman–Crippen MR) is 80.6 cm³/mol. The maximum Gasteiger partial charge on any atom is 0.0397 e. The van der Waals surface area contributed by atoms with Crippen LogP contribution < -0.4 is 5.32 Å². The molecule has 2 aromatic rings. The zero-order valence-electron chi connectivity index (χ0n) is 11.3. The Bertz CT molecular complexity index is 596. The van der Waals surface area contributed by atoms with Crippen LogP contribution in [0.25, 0.3) is 5.57 Å². The number of aryl methyl sites for hydroxylation is 1. The number of hydrogen-bond donors (Lipinski definition) is 1. The van der Waals surface area contributed by atoms with Crippen molar-refractivity contribution >= 4 is 5.57 Å². The minimum atomic E-state index is 0.912. The Morgan fingerprint density at radius 2 is 1.63 bits per heavy atom. The first-order chi connectivity index (χ1) is 9.34. The van der Waals surface area contributed by atoms with Crippen LogP contribution in [0, 0.1) is 0 Å².